The maximum Gasteiger partial charge on any atom is 0.254 e. The summed E-state index contributed by atoms with van der Waals surface area (Å²) in [7, 11) is 0. The fourth-order valence-electron chi connectivity index (χ4n) is 2.08. The molecule has 1 aliphatic rings. The van der Waals surface area contributed by atoms with Crippen LogP contribution in [0.4, 0.5) is 5.69 Å². The molecule has 98 valence electrons. The monoisotopic (exact) mass is 268 g/mol. The molecule has 1 amide bonds. The van der Waals surface area contributed by atoms with E-state index in [4.69, 9.17) is 22.4 Å². The van der Waals surface area contributed by atoms with Gasteiger partial charge in [0, 0.05) is 18.2 Å². The van der Waals surface area contributed by atoms with Crippen LogP contribution in [0.2, 0.25) is 5.02 Å². The van der Waals surface area contributed by atoms with Crippen LogP contribution in [0.1, 0.15) is 29.6 Å². The van der Waals surface area contributed by atoms with Crippen molar-refractivity contribution in [3.8, 4) is 0 Å². The lowest BCUT2D eigenvalue weighted by atomic mass is 9.91. The fraction of sp³-hybridized carbons (Fsp3) is 0.462. The van der Waals surface area contributed by atoms with E-state index in [1.807, 2.05) is 0 Å². The number of hydrogen-bond acceptors (Lipinski definition) is 3. The summed E-state index contributed by atoms with van der Waals surface area (Å²) in [5.41, 5.74) is 6.61. The van der Waals surface area contributed by atoms with Gasteiger partial charge in [-0.3, -0.25) is 4.79 Å². The number of anilines is 1. The van der Waals surface area contributed by atoms with Gasteiger partial charge in [0.25, 0.3) is 5.91 Å². The summed E-state index contributed by atoms with van der Waals surface area (Å²) in [6, 6.07) is 5.14. The number of rotatable bonds is 4. The molecule has 0 atom stereocenters. The second-order valence-electron chi connectivity index (χ2n) is 4.54. The highest BCUT2D eigenvalue weighted by Gasteiger charge is 2.29. The standard InChI is InChI=1S/C13H17ClN2O2/c14-11-8-9(4-5-12(11)15)13(18)16(6-7-17)10-2-1-3-10/h4-5,8,10,17H,1-3,6-7,15H2. The average molecular weight is 269 g/mol. The molecule has 1 aromatic carbocycles. The third kappa shape index (κ3) is 2.60. The predicted octanol–water partition coefficient (Wildman–Crippen LogP) is 1.91. The highest BCUT2D eigenvalue weighted by molar-refractivity contribution is 6.33. The number of hydrogen-bond donors (Lipinski definition) is 2. The largest absolute Gasteiger partial charge is 0.398 e. The average Bonchev–Trinajstić information content (AvgIpc) is 2.29. The molecule has 3 N–H and O–H groups in total. The Morgan fingerprint density at radius 2 is 2.22 bits per heavy atom. The van der Waals surface area contributed by atoms with Gasteiger partial charge in [-0.2, -0.15) is 0 Å². The number of aliphatic hydroxyl groups is 1. The summed E-state index contributed by atoms with van der Waals surface area (Å²) in [4.78, 5) is 14.1. The van der Waals surface area contributed by atoms with Crippen molar-refractivity contribution in [3.63, 3.8) is 0 Å². The van der Waals surface area contributed by atoms with Gasteiger partial charge in [-0.05, 0) is 37.5 Å². The number of nitrogens with zero attached hydrogens (tertiary/aromatic N) is 1. The Labute approximate surface area is 111 Å². The van der Waals surface area contributed by atoms with Crippen molar-refractivity contribution in [2.45, 2.75) is 25.3 Å². The molecule has 0 saturated heterocycles. The predicted molar refractivity (Wildman–Crippen MR) is 71.6 cm³/mol. The third-order valence-electron chi connectivity index (χ3n) is 3.36. The molecule has 4 nitrogen and oxygen atoms in total. The van der Waals surface area contributed by atoms with Crippen molar-refractivity contribution in [3.05, 3.63) is 28.8 Å². The molecule has 18 heavy (non-hydrogen) atoms. The van der Waals surface area contributed by atoms with Crippen molar-refractivity contribution >= 4 is 23.2 Å². The minimum atomic E-state index is -0.0874. The molecule has 0 unspecified atom stereocenters. The van der Waals surface area contributed by atoms with Crippen LogP contribution in [0.3, 0.4) is 0 Å². The molecule has 0 aliphatic heterocycles. The number of amides is 1. The van der Waals surface area contributed by atoms with E-state index in [1.54, 1.807) is 23.1 Å². The van der Waals surface area contributed by atoms with Crippen LogP contribution in [0.15, 0.2) is 18.2 Å². The van der Waals surface area contributed by atoms with Gasteiger partial charge >= 0.3 is 0 Å². The maximum absolute atomic E-state index is 12.3. The van der Waals surface area contributed by atoms with Crippen LogP contribution in [0.25, 0.3) is 0 Å². The van der Waals surface area contributed by atoms with Crippen molar-refractivity contribution in [1.29, 1.82) is 0 Å². The van der Waals surface area contributed by atoms with Crippen molar-refractivity contribution in [2.24, 2.45) is 0 Å². The second-order valence-corrected chi connectivity index (χ2v) is 4.95. The highest BCUT2D eigenvalue weighted by atomic mass is 35.5. The summed E-state index contributed by atoms with van der Waals surface area (Å²) in [6.45, 7) is 0.344. The van der Waals surface area contributed by atoms with Crippen LogP contribution in [0.5, 0.6) is 0 Å². The normalized spacial score (nSPS) is 15.2. The Balaban J connectivity index is 2.18. The molecule has 1 aromatic rings. The number of halogens is 1. The molecular formula is C13H17ClN2O2. The first kappa shape index (κ1) is 13.2. The van der Waals surface area contributed by atoms with Gasteiger partial charge in [-0.1, -0.05) is 11.6 Å². The molecule has 2 rings (SSSR count). The van der Waals surface area contributed by atoms with Gasteiger partial charge < -0.3 is 15.7 Å². The van der Waals surface area contributed by atoms with Gasteiger partial charge in [-0.15, -0.1) is 0 Å². The number of nitrogens with two attached hydrogens (primary N) is 1. The Morgan fingerprint density at radius 1 is 1.50 bits per heavy atom. The second kappa shape index (κ2) is 5.59. The van der Waals surface area contributed by atoms with Crippen LogP contribution in [-0.2, 0) is 0 Å². The van der Waals surface area contributed by atoms with E-state index >= 15 is 0 Å². The van der Waals surface area contributed by atoms with Crippen LogP contribution < -0.4 is 5.73 Å². The van der Waals surface area contributed by atoms with Crippen LogP contribution in [-0.4, -0.2) is 35.1 Å². The molecule has 1 aliphatic carbocycles. The van der Waals surface area contributed by atoms with Crippen molar-refractivity contribution in [2.75, 3.05) is 18.9 Å². The summed E-state index contributed by atoms with van der Waals surface area (Å²) in [6.07, 6.45) is 3.16. The lowest BCUT2D eigenvalue weighted by Crippen LogP contribution is -2.45. The molecule has 1 saturated carbocycles. The smallest absolute Gasteiger partial charge is 0.254 e. The lowest BCUT2D eigenvalue weighted by Gasteiger charge is -2.37. The number of carbonyl (C=O) groups is 1. The van der Waals surface area contributed by atoms with Gasteiger partial charge in [-0.25, -0.2) is 0 Å². The quantitative estimate of drug-likeness (QED) is 0.820. The van der Waals surface area contributed by atoms with Gasteiger partial charge in [0.15, 0.2) is 0 Å². The zero-order valence-electron chi connectivity index (χ0n) is 10.1. The van der Waals surface area contributed by atoms with E-state index < -0.39 is 0 Å². The minimum absolute atomic E-state index is 0.0229. The Morgan fingerprint density at radius 3 is 2.72 bits per heavy atom. The fourth-order valence-corrected chi connectivity index (χ4v) is 2.26. The summed E-state index contributed by atoms with van der Waals surface area (Å²) in [5, 5.41) is 9.45. The summed E-state index contributed by atoms with van der Waals surface area (Å²) in [5.74, 6) is -0.0874. The van der Waals surface area contributed by atoms with E-state index in [0.717, 1.165) is 19.3 Å². The first-order chi connectivity index (χ1) is 8.63. The van der Waals surface area contributed by atoms with E-state index in [0.29, 0.717) is 22.8 Å². The molecule has 0 bridgehead atoms. The van der Waals surface area contributed by atoms with E-state index in [9.17, 15) is 4.79 Å². The van der Waals surface area contributed by atoms with Gasteiger partial charge in [0.1, 0.15) is 0 Å². The minimum Gasteiger partial charge on any atom is -0.398 e. The van der Waals surface area contributed by atoms with E-state index in [1.165, 1.54) is 0 Å². The van der Waals surface area contributed by atoms with Crippen molar-refractivity contribution in [1.82, 2.24) is 4.90 Å². The van der Waals surface area contributed by atoms with E-state index in [-0.39, 0.29) is 18.6 Å². The first-order valence-electron chi connectivity index (χ1n) is 6.10. The molecule has 0 spiro atoms. The SMILES string of the molecule is Nc1ccc(C(=O)N(CCO)C2CCC2)cc1Cl. The zero-order valence-corrected chi connectivity index (χ0v) is 10.9. The third-order valence-corrected chi connectivity index (χ3v) is 3.69. The maximum atomic E-state index is 12.3. The van der Waals surface area contributed by atoms with Gasteiger partial charge in [0.05, 0.1) is 17.3 Å². The lowest BCUT2D eigenvalue weighted by molar-refractivity contribution is 0.0526. The molecule has 1 fully saturated rings. The Bertz CT molecular complexity index is 447. The molecule has 0 heterocycles. The number of aliphatic hydroxyl groups excluding tert-OH is 1. The highest BCUT2D eigenvalue weighted by Crippen LogP contribution is 2.27. The Kier molecular flexibility index (Phi) is 4.09. The topological polar surface area (TPSA) is 66.6 Å². The number of carbonyl (C=O) groups excluding carboxylic acids is 1. The number of nitrogen functional groups attached to an aromatic ring is 1. The molecular weight excluding hydrogens is 252 g/mol. The zero-order chi connectivity index (χ0) is 13.1. The first-order valence-corrected chi connectivity index (χ1v) is 6.48. The molecule has 0 radical (unpaired) electrons. The van der Waals surface area contributed by atoms with E-state index in [2.05, 4.69) is 0 Å². The Hall–Kier alpha value is -1.26. The van der Waals surface area contributed by atoms with Gasteiger partial charge in [0.2, 0.25) is 0 Å². The number of benzene rings is 1. The van der Waals surface area contributed by atoms with Crippen LogP contribution in [0, 0.1) is 0 Å². The summed E-state index contributed by atoms with van der Waals surface area (Å²) < 4.78 is 0. The molecule has 5 heteroatoms. The molecule has 0 aromatic heterocycles. The van der Waals surface area contributed by atoms with Crippen molar-refractivity contribution < 1.29 is 9.90 Å². The summed E-state index contributed by atoms with van der Waals surface area (Å²) >= 11 is 5.92. The van der Waals surface area contributed by atoms with Crippen LogP contribution >= 0.6 is 11.6 Å².